The van der Waals surface area contributed by atoms with Crippen molar-refractivity contribution in [3.63, 3.8) is 0 Å². The van der Waals surface area contributed by atoms with Crippen LogP contribution in [0.5, 0.6) is 0 Å². The molecule has 0 saturated carbocycles. The Hall–Kier alpha value is -2.32. The molecule has 0 aliphatic rings. The van der Waals surface area contributed by atoms with Crippen molar-refractivity contribution in [3.05, 3.63) is 71.2 Å². The first-order valence-corrected chi connectivity index (χ1v) is 8.11. The Balaban J connectivity index is 1.94. The Bertz CT molecular complexity index is 1120. The molecule has 0 amide bonds. The third-order valence-electron chi connectivity index (χ3n) is 4.37. The number of hydrogen-bond donors (Lipinski definition) is 1. The molecule has 104 valence electrons. The number of rotatable bonds is 1. The Morgan fingerprint density at radius 3 is 2.09 bits per heavy atom. The normalized spacial score (nSPS) is 11.9. The number of halogens is 1. The van der Waals surface area contributed by atoms with Gasteiger partial charge in [-0.25, -0.2) is 0 Å². The van der Waals surface area contributed by atoms with Gasteiger partial charge in [-0.05, 0) is 46.2 Å². The largest absolute Gasteiger partial charge is 0.354 e. The molecule has 5 aromatic rings. The quantitative estimate of drug-likeness (QED) is 0.341. The molecule has 0 unspecified atom stereocenters. The fourth-order valence-electron chi connectivity index (χ4n) is 3.43. The van der Waals surface area contributed by atoms with Gasteiger partial charge in [0.25, 0.3) is 0 Å². The molecular formula is C20H12BrN. The van der Waals surface area contributed by atoms with Gasteiger partial charge in [0.15, 0.2) is 0 Å². The van der Waals surface area contributed by atoms with Crippen LogP contribution in [0.15, 0.2) is 71.2 Å². The van der Waals surface area contributed by atoms with Crippen LogP contribution in [-0.4, -0.2) is 4.98 Å². The van der Waals surface area contributed by atoms with Crippen LogP contribution < -0.4 is 0 Å². The lowest BCUT2D eigenvalue weighted by Crippen LogP contribution is -1.80. The molecule has 0 saturated heterocycles. The van der Waals surface area contributed by atoms with Crippen LogP contribution in [0, 0.1) is 0 Å². The van der Waals surface area contributed by atoms with E-state index in [2.05, 4.69) is 87.6 Å². The summed E-state index contributed by atoms with van der Waals surface area (Å²) in [6, 6.07) is 23.8. The maximum Gasteiger partial charge on any atom is 0.0482 e. The van der Waals surface area contributed by atoms with E-state index in [9.17, 15) is 0 Å². The van der Waals surface area contributed by atoms with Gasteiger partial charge < -0.3 is 4.98 Å². The van der Waals surface area contributed by atoms with Crippen LogP contribution in [0.1, 0.15) is 0 Å². The fourth-order valence-corrected chi connectivity index (χ4v) is 3.91. The summed E-state index contributed by atoms with van der Waals surface area (Å²) in [4.78, 5) is 3.58. The van der Waals surface area contributed by atoms with Crippen molar-refractivity contribution in [2.24, 2.45) is 0 Å². The summed E-state index contributed by atoms with van der Waals surface area (Å²) in [7, 11) is 0. The lowest BCUT2D eigenvalue weighted by Gasteiger charge is -2.06. The predicted molar refractivity (Wildman–Crippen MR) is 97.6 cm³/mol. The van der Waals surface area contributed by atoms with Gasteiger partial charge in [0.1, 0.15) is 0 Å². The lowest BCUT2D eigenvalue weighted by atomic mass is 9.97. The highest BCUT2D eigenvalue weighted by molar-refractivity contribution is 9.10. The number of aromatic nitrogens is 1. The number of H-pyrrole nitrogens is 1. The van der Waals surface area contributed by atoms with E-state index in [0.29, 0.717) is 0 Å². The van der Waals surface area contributed by atoms with Crippen LogP contribution in [-0.2, 0) is 0 Å². The second-order valence-electron chi connectivity index (χ2n) is 5.73. The van der Waals surface area contributed by atoms with Crippen molar-refractivity contribution >= 4 is 48.5 Å². The molecule has 1 N–H and O–H groups in total. The lowest BCUT2D eigenvalue weighted by molar-refractivity contribution is 1.54. The van der Waals surface area contributed by atoms with Crippen molar-refractivity contribution in [1.82, 2.24) is 4.98 Å². The van der Waals surface area contributed by atoms with E-state index in [1.807, 2.05) is 0 Å². The molecule has 1 heterocycles. The van der Waals surface area contributed by atoms with Gasteiger partial charge in [0.05, 0.1) is 0 Å². The van der Waals surface area contributed by atoms with E-state index in [-0.39, 0.29) is 0 Å². The molecule has 0 aliphatic carbocycles. The number of nitrogens with one attached hydrogen (secondary N) is 1. The minimum absolute atomic E-state index is 1.11. The molecule has 0 spiro atoms. The molecule has 1 aromatic heterocycles. The highest BCUT2D eigenvalue weighted by Crippen LogP contribution is 2.38. The second-order valence-corrected chi connectivity index (χ2v) is 6.65. The van der Waals surface area contributed by atoms with E-state index in [1.165, 1.54) is 43.7 Å². The number of benzene rings is 4. The predicted octanol–water partition coefficient (Wildman–Crippen LogP) is 6.34. The molecule has 0 atom stereocenters. The van der Waals surface area contributed by atoms with Crippen LogP contribution in [0.25, 0.3) is 43.7 Å². The zero-order valence-electron chi connectivity index (χ0n) is 11.7. The summed E-state index contributed by atoms with van der Waals surface area (Å²) in [6.07, 6.45) is 0. The molecule has 22 heavy (non-hydrogen) atoms. The Labute approximate surface area is 136 Å². The van der Waals surface area contributed by atoms with Gasteiger partial charge in [-0.1, -0.05) is 58.4 Å². The van der Waals surface area contributed by atoms with Gasteiger partial charge in [0.2, 0.25) is 0 Å². The first-order chi connectivity index (χ1) is 10.8. The molecule has 5 rings (SSSR count). The summed E-state index contributed by atoms with van der Waals surface area (Å²) in [6.45, 7) is 0. The molecule has 4 aromatic carbocycles. The molecule has 0 fully saturated rings. The standard InChI is InChI=1S/C20H12BrN/c21-16-9-14-7-6-13-8-15(12-4-2-1-3-5-12)10-17-19(13)20(14)18(11-16)22-17/h1-11,22H. The molecule has 0 bridgehead atoms. The molecule has 0 aliphatic heterocycles. The summed E-state index contributed by atoms with van der Waals surface area (Å²) in [5, 5.41) is 5.23. The van der Waals surface area contributed by atoms with Crippen LogP contribution in [0.4, 0.5) is 0 Å². The summed E-state index contributed by atoms with van der Waals surface area (Å²) < 4.78 is 1.11. The zero-order valence-corrected chi connectivity index (χ0v) is 13.3. The highest BCUT2D eigenvalue weighted by atomic mass is 79.9. The Morgan fingerprint density at radius 1 is 0.636 bits per heavy atom. The van der Waals surface area contributed by atoms with E-state index in [4.69, 9.17) is 0 Å². The monoisotopic (exact) mass is 345 g/mol. The second kappa shape index (κ2) is 4.34. The number of aromatic amines is 1. The third-order valence-corrected chi connectivity index (χ3v) is 4.83. The minimum Gasteiger partial charge on any atom is -0.354 e. The van der Waals surface area contributed by atoms with Crippen molar-refractivity contribution < 1.29 is 0 Å². The molecule has 2 heteroatoms. The highest BCUT2D eigenvalue weighted by Gasteiger charge is 2.12. The summed E-state index contributed by atoms with van der Waals surface area (Å²) in [5.74, 6) is 0. The topological polar surface area (TPSA) is 15.8 Å². The van der Waals surface area contributed by atoms with Crippen LogP contribution in [0.2, 0.25) is 0 Å². The van der Waals surface area contributed by atoms with Crippen LogP contribution in [0.3, 0.4) is 0 Å². The van der Waals surface area contributed by atoms with Gasteiger partial charge in [0, 0.05) is 26.3 Å². The smallest absolute Gasteiger partial charge is 0.0482 e. The Morgan fingerprint density at radius 2 is 1.32 bits per heavy atom. The molecular weight excluding hydrogens is 334 g/mol. The first-order valence-electron chi connectivity index (χ1n) is 7.32. The van der Waals surface area contributed by atoms with Gasteiger partial charge >= 0.3 is 0 Å². The summed E-state index contributed by atoms with van der Waals surface area (Å²) in [5.41, 5.74) is 4.90. The molecule has 0 radical (unpaired) electrons. The average Bonchev–Trinajstić information content (AvgIpc) is 2.91. The van der Waals surface area contributed by atoms with E-state index >= 15 is 0 Å². The summed E-state index contributed by atoms with van der Waals surface area (Å²) >= 11 is 3.60. The maximum absolute atomic E-state index is 3.60. The van der Waals surface area contributed by atoms with E-state index in [1.54, 1.807) is 0 Å². The maximum atomic E-state index is 3.60. The Kier molecular flexibility index (Phi) is 2.42. The zero-order chi connectivity index (χ0) is 14.7. The van der Waals surface area contributed by atoms with Crippen molar-refractivity contribution in [2.75, 3.05) is 0 Å². The van der Waals surface area contributed by atoms with E-state index in [0.717, 1.165) is 4.47 Å². The van der Waals surface area contributed by atoms with E-state index < -0.39 is 0 Å². The average molecular weight is 346 g/mol. The molecule has 1 nitrogen and oxygen atoms in total. The van der Waals surface area contributed by atoms with Gasteiger partial charge in [-0.2, -0.15) is 0 Å². The SMILES string of the molecule is Brc1cc2ccc3cc(-c4ccccc4)cc4[nH]c(c1)c2c34. The van der Waals surface area contributed by atoms with Gasteiger partial charge in [-0.15, -0.1) is 0 Å². The van der Waals surface area contributed by atoms with Crippen molar-refractivity contribution in [3.8, 4) is 11.1 Å². The van der Waals surface area contributed by atoms with Crippen molar-refractivity contribution in [2.45, 2.75) is 0 Å². The number of hydrogen-bond acceptors (Lipinski definition) is 0. The van der Waals surface area contributed by atoms with Crippen molar-refractivity contribution in [1.29, 1.82) is 0 Å². The third kappa shape index (κ3) is 1.65. The minimum atomic E-state index is 1.11. The van der Waals surface area contributed by atoms with Crippen LogP contribution >= 0.6 is 15.9 Å². The first kappa shape index (κ1) is 12.2. The fraction of sp³-hybridized carbons (Fsp3) is 0. The van der Waals surface area contributed by atoms with Gasteiger partial charge in [-0.3, -0.25) is 0 Å².